The third-order valence-corrected chi connectivity index (χ3v) is 3.93. The number of rotatable bonds is 3. The van der Waals surface area contributed by atoms with Gasteiger partial charge in [0.25, 0.3) is 5.91 Å². The van der Waals surface area contributed by atoms with Crippen molar-refractivity contribution in [3.63, 3.8) is 0 Å². The lowest BCUT2D eigenvalue weighted by Gasteiger charge is -2.18. The van der Waals surface area contributed by atoms with Gasteiger partial charge in [-0.2, -0.15) is 0 Å². The molecule has 1 fully saturated rings. The highest BCUT2D eigenvalue weighted by Crippen LogP contribution is 2.22. The molecule has 0 aliphatic carbocycles. The maximum atomic E-state index is 12.4. The number of hydrogen-bond acceptors (Lipinski definition) is 3. The van der Waals surface area contributed by atoms with Crippen molar-refractivity contribution >= 4 is 5.91 Å². The van der Waals surface area contributed by atoms with Gasteiger partial charge in [0.05, 0.1) is 6.10 Å². The van der Waals surface area contributed by atoms with E-state index in [-0.39, 0.29) is 23.3 Å². The maximum absolute atomic E-state index is 12.4. The molecule has 20 heavy (non-hydrogen) atoms. The fourth-order valence-electron chi connectivity index (χ4n) is 2.55. The summed E-state index contributed by atoms with van der Waals surface area (Å²) in [7, 11) is 0. The Morgan fingerprint density at radius 1 is 1.40 bits per heavy atom. The third-order valence-electron chi connectivity index (χ3n) is 3.93. The van der Waals surface area contributed by atoms with Gasteiger partial charge in [-0.3, -0.25) is 9.59 Å². The SMILES string of the molecule is CC(C)c1cc(C(=O)N2CCC(C(C)O)C2)cc(=O)[nH]1. The average molecular weight is 278 g/mol. The van der Waals surface area contributed by atoms with Crippen LogP contribution in [-0.2, 0) is 0 Å². The van der Waals surface area contributed by atoms with E-state index in [9.17, 15) is 14.7 Å². The molecule has 2 unspecified atom stereocenters. The number of carbonyl (C=O) groups is 1. The molecule has 1 amide bonds. The fraction of sp³-hybridized carbons (Fsp3) is 0.600. The van der Waals surface area contributed by atoms with Crippen LogP contribution in [0.25, 0.3) is 0 Å². The van der Waals surface area contributed by atoms with Crippen LogP contribution >= 0.6 is 0 Å². The average Bonchev–Trinajstić information content (AvgIpc) is 2.86. The molecule has 0 aromatic carbocycles. The number of hydrogen-bond donors (Lipinski definition) is 2. The number of pyridine rings is 1. The lowest BCUT2D eigenvalue weighted by Crippen LogP contribution is -2.31. The Balaban J connectivity index is 2.20. The van der Waals surface area contributed by atoms with Gasteiger partial charge in [0.2, 0.25) is 5.56 Å². The van der Waals surface area contributed by atoms with E-state index in [1.807, 2.05) is 13.8 Å². The molecule has 1 aromatic rings. The summed E-state index contributed by atoms with van der Waals surface area (Å²) in [5, 5.41) is 9.59. The fourth-order valence-corrected chi connectivity index (χ4v) is 2.55. The van der Waals surface area contributed by atoms with E-state index < -0.39 is 6.10 Å². The number of aromatic amines is 1. The lowest BCUT2D eigenvalue weighted by atomic mass is 10.0. The highest BCUT2D eigenvalue weighted by Gasteiger charge is 2.29. The third kappa shape index (κ3) is 3.10. The first-order valence-corrected chi connectivity index (χ1v) is 7.10. The highest BCUT2D eigenvalue weighted by atomic mass is 16.3. The molecule has 2 N–H and O–H groups in total. The van der Waals surface area contributed by atoms with Gasteiger partial charge >= 0.3 is 0 Å². The van der Waals surface area contributed by atoms with Gasteiger partial charge in [0.1, 0.15) is 0 Å². The van der Waals surface area contributed by atoms with Crippen molar-refractivity contribution in [2.24, 2.45) is 5.92 Å². The van der Waals surface area contributed by atoms with Crippen LogP contribution in [-0.4, -0.2) is 40.1 Å². The molecule has 1 aliphatic heterocycles. The number of amides is 1. The van der Waals surface area contributed by atoms with Gasteiger partial charge in [-0.25, -0.2) is 0 Å². The predicted molar refractivity (Wildman–Crippen MR) is 76.8 cm³/mol. The molecule has 1 saturated heterocycles. The van der Waals surface area contributed by atoms with E-state index in [0.717, 1.165) is 12.1 Å². The Hall–Kier alpha value is -1.62. The van der Waals surface area contributed by atoms with Crippen molar-refractivity contribution in [1.29, 1.82) is 0 Å². The van der Waals surface area contributed by atoms with Crippen LogP contribution in [0, 0.1) is 5.92 Å². The van der Waals surface area contributed by atoms with E-state index in [4.69, 9.17) is 0 Å². The number of carbonyl (C=O) groups excluding carboxylic acids is 1. The molecule has 1 aliphatic rings. The summed E-state index contributed by atoms with van der Waals surface area (Å²) in [5.41, 5.74) is 0.960. The Kier molecular flexibility index (Phi) is 4.28. The maximum Gasteiger partial charge on any atom is 0.254 e. The zero-order valence-electron chi connectivity index (χ0n) is 12.2. The van der Waals surface area contributed by atoms with Crippen molar-refractivity contribution in [2.45, 2.75) is 39.2 Å². The molecular weight excluding hydrogens is 256 g/mol. The van der Waals surface area contributed by atoms with Gasteiger partial charge in [-0.05, 0) is 25.3 Å². The van der Waals surface area contributed by atoms with E-state index in [2.05, 4.69) is 4.98 Å². The predicted octanol–water partition coefficient (Wildman–Crippen LogP) is 1.34. The molecule has 0 saturated carbocycles. The lowest BCUT2D eigenvalue weighted by molar-refractivity contribution is 0.0762. The van der Waals surface area contributed by atoms with Crippen LogP contribution < -0.4 is 5.56 Å². The van der Waals surface area contributed by atoms with Crippen LogP contribution in [0.5, 0.6) is 0 Å². The largest absolute Gasteiger partial charge is 0.393 e. The minimum absolute atomic E-state index is 0.124. The second kappa shape index (κ2) is 5.79. The molecule has 2 rings (SSSR count). The summed E-state index contributed by atoms with van der Waals surface area (Å²) in [6.07, 6.45) is 0.405. The molecule has 5 heteroatoms. The summed E-state index contributed by atoms with van der Waals surface area (Å²) >= 11 is 0. The van der Waals surface area contributed by atoms with Crippen LogP contribution in [0.1, 0.15) is 49.2 Å². The number of nitrogens with zero attached hydrogens (tertiary/aromatic N) is 1. The molecule has 110 valence electrons. The van der Waals surface area contributed by atoms with Crippen LogP contribution in [0.3, 0.4) is 0 Å². The van der Waals surface area contributed by atoms with Crippen molar-refractivity contribution in [1.82, 2.24) is 9.88 Å². The van der Waals surface area contributed by atoms with E-state index in [1.165, 1.54) is 6.07 Å². The van der Waals surface area contributed by atoms with E-state index in [1.54, 1.807) is 17.9 Å². The summed E-state index contributed by atoms with van der Waals surface area (Å²) in [5.74, 6) is 0.172. The quantitative estimate of drug-likeness (QED) is 0.876. The van der Waals surface area contributed by atoms with Crippen LogP contribution in [0.2, 0.25) is 0 Å². The van der Waals surface area contributed by atoms with Crippen LogP contribution in [0.4, 0.5) is 0 Å². The second-order valence-electron chi connectivity index (χ2n) is 5.88. The number of nitrogens with one attached hydrogen (secondary N) is 1. The number of aliphatic hydroxyl groups excluding tert-OH is 1. The molecule has 1 aromatic heterocycles. The first-order chi connectivity index (χ1) is 9.38. The molecule has 0 spiro atoms. The van der Waals surface area contributed by atoms with Gasteiger partial charge in [0.15, 0.2) is 0 Å². The minimum atomic E-state index is -0.404. The van der Waals surface area contributed by atoms with Crippen molar-refractivity contribution in [3.8, 4) is 0 Å². The Morgan fingerprint density at radius 3 is 2.65 bits per heavy atom. The molecule has 0 bridgehead atoms. The van der Waals surface area contributed by atoms with Gasteiger partial charge in [-0.1, -0.05) is 13.8 Å². The second-order valence-corrected chi connectivity index (χ2v) is 5.88. The number of aromatic nitrogens is 1. The minimum Gasteiger partial charge on any atom is -0.393 e. The number of aliphatic hydroxyl groups is 1. The topological polar surface area (TPSA) is 73.4 Å². The summed E-state index contributed by atoms with van der Waals surface area (Å²) in [4.78, 5) is 28.5. The van der Waals surface area contributed by atoms with E-state index in [0.29, 0.717) is 18.7 Å². The molecule has 2 atom stereocenters. The van der Waals surface area contributed by atoms with Crippen molar-refractivity contribution < 1.29 is 9.90 Å². The monoisotopic (exact) mass is 278 g/mol. The van der Waals surface area contributed by atoms with Gasteiger partial charge < -0.3 is 15.0 Å². The van der Waals surface area contributed by atoms with Gasteiger partial charge in [0, 0.05) is 36.3 Å². The molecular formula is C15H22N2O3. The molecule has 0 radical (unpaired) electrons. The first-order valence-electron chi connectivity index (χ1n) is 7.10. The van der Waals surface area contributed by atoms with Gasteiger partial charge in [-0.15, -0.1) is 0 Å². The zero-order valence-corrected chi connectivity index (χ0v) is 12.2. The van der Waals surface area contributed by atoms with Crippen molar-refractivity contribution in [2.75, 3.05) is 13.1 Å². The van der Waals surface area contributed by atoms with E-state index >= 15 is 0 Å². The summed E-state index contributed by atoms with van der Waals surface area (Å²) in [6, 6.07) is 3.11. The summed E-state index contributed by atoms with van der Waals surface area (Å²) < 4.78 is 0. The highest BCUT2D eigenvalue weighted by molar-refractivity contribution is 5.94. The first kappa shape index (κ1) is 14.8. The van der Waals surface area contributed by atoms with Crippen molar-refractivity contribution in [3.05, 3.63) is 33.7 Å². The number of likely N-dealkylation sites (tertiary alicyclic amines) is 1. The Labute approximate surface area is 118 Å². The zero-order chi connectivity index (χ0) is 14.9. The smallest absolute Gasteiger partial charge is 0.254 e. The Morgan fingerprint density at radius 2 is 2.10 bits per heavy atom. The normalized spacial score (nSPS) is 20.4. The molecule has 2 heterocycles. The Bertz CT molecular complexity index is 548. The summed E-state index contributed by atoms with van der Waals surface area (Å²) in [6.45, 7) is 6.89. The van der Waals surface area contributed by atoms with Crippen LogP contribution in [0.15, 0.2) is 16.9 Å². The number of H-pyrrole nitrogens is 1. The molecule has 5 nitrogen and oxygen atoms in total. The standard InChI is InChI=1S/C15H22N2O3/c1-9(2)13-6-12(7-14(19)16-13)15(20)17-5-4-11(8-17)10(3)18/h6-7,9-11,18H,4-5,8H2,1-3H3,(H,16,19).